The topological polar surface area (TPSA) is 61.8 Å². The fourth-order valence-corrected chi connectivity index (χ4v) is 1.75. The van der Waals surface area contributed by atoms with Crippen molar-refractivity contribution < 1.29 is 22.1 Å². The van der Waals surface area contributed by atoms with E-state index in [0.29, 0.717) is 11.5 Å². The van der Waals surface area contributed by atoms with Crippen molar-refractivity contribution in [2.45, 2.75) is 4.90 Å². The van der Waals surface area contributed by atoms with Crippen LogP contribution in [0.3, 0.4) is 0 Å². The Morgan fingerprint density at radius 1 is 1.00 bits per heavy atom. The van der Waals surface area contributed by atoms with Crippen molar-refractivity contribution in [3.8, 4) is 11.5 Å². The van der Waals surface area contributed by atoms with E-state index in [1.807, 2.05) is 0 Å². The van der Waals surface area contributed by atoms with Crippen LogP contribution in [0, 0.1) is 0 Å². The zero-order chi connectivity index (χ0) is 11.5. The van der Waals surface area contributed by atoms with Gasteiger partial charge in [-0.3, -0.25) is 4.18 Å². The normalized spacial score (nSPS) is 11.1. The summed E-state index contributed by atoms with van der Waals surface area (Å²) in [7, 11) is 0.318. The van der Waals surface area contributed by atoms with E-state index in [1.54, 1.807) is 0 Å². The molecule has 0 saturated heterocycles. The summed E-state index contributed by atoms with van der Waals surface area (Å²) in [5.41, 5.74) is 0. The molecule has 1 aromatic rings. The van der Waals surface area contributed by atoms with E-state index in [1.165, 1.54) is 32.4 Å². The first-order valence-electron chi connectivity index (χ1n) is 4.08. The lowest BCUT2D eigenvalue weighted by atomic mass is 10.3. The standard InChI is InChI=1S/C9H12O5S/c1-12-8-5-4-7(6-9(8)13-2)15(10,11)14-3/h4-6H,1-3H3. The first-order valence-corrected chi connectivity index (χ1v) is 5.48. The maximum atomic E-state index is 11.4. The number of hydrogen-bond acceptors (Lipinski definition) is 5. The molecule has 0 aliphatic heterocycles. The molecule has 0 N–H and O–H groups in total. The first kappa shape index (κ1) is 11.8. The van der Waals surface area contributed by atoms with Gasteiger partial charge < -0.3 is 9.47 Å². The molecule has 0 aliphatic rings. The maximum Gasteiger partial charge on any atom is 0.296 e. The second-order valence-electron chi connectivity index (χ2n) is 2.64. The number of ether oxygens (including phenoxy) is 2. The van der Waals surface area contributed by atoms with E-state index in [9.17, 15) is 8.42 Å². The third-order valence-corrected chi connectivity index (χ3v) is 3.13. The van der Waals surface area contributed by atoms with Crippen LogP contribution in [0.4, 0.5) is 0 Å². The van der Waals surface area contributed by atoms with Gasteiger partial charge in [-0.05, 0) is 12.1 Å². The highest BCUT2D eigenvalue weighted by Gasteiger charge is 2.15. The first-order chi connectivity index (χ1) is 7.05. The Kier molecular flexibility index (Phi) is 3.54. The molecule has 0 heterocycles. The quantitative estimate of drug-likeness (QED) is 0.726. The average Bonchev–Trinajstić information content (AvgIpc) is 2.28. The van der Waals surface area contributed by atoms with Gasteiger partial charge in [0.2, 0.25) is 0 Å². The molecule has 6 heteroatoms. The molecule has 0 bridgehead atoms. The number of hydrogen-bond donors (Lipinski definition) is 0. The van der Waals surface area contributed by atoms with E-state index in [0.717, 1.165) is 7.11 Å². The van der Waals surface area contributed by atoms with Crippen molar-refractivity contribution in [3.05, 3.63) is 18.2 Å². The molecule has 0 unspecified atom stereocenters. The third-order valence-electron chi connectivity index (χ3n) is 1.86. The Morgan fingerprint density at radius 2 is 1.60 bits per heavy atom. The third kappa shape index (κ3) is 2.40. The summed E-state index contributed by atoms with van der Waals surface area (Å²) in [5.74, 6) is 0.808. The van der Waals surface area contributed by atoms with Crippen molar-refractivity contribution in [1.29, 1.82) is 0 Å². The molecule has 0 atom stereocenters. The van der Waals surface area contributed by atoms with Gasteiger partial charge in [-0.25, -0.2) is 0 Å². The summed E-state index contributed by atoms with van der Waals surface area (Å²) in [6, 6.07) is 4.24. The van der Waals surface area contributed by atoms with Crippen molar-refractivity contribution in [3.63, 3.8) is 0 Å². The minimum Gasteiger partial charge on any atom is -0.493 e. The van der Waals surface area contributed by atoms with E-state index in [4.69, 9.17) is 9.47 Å². The van der Waals surface area contributed by atoms with Gasteiger partial charge in [0, 0.05) is 6.07 Å². The van der Waals surface area contributed by atoms with E-state index in [2.05, 4.69) is 4.18 Å². The van der Waals surface area contributed by atoms with Crippen molar-refractivity contribution in [1.82, 2.24) is 0 Å². The smallest absolute Gasteiger partial charge is 0.296 e. The van der Waals surface area contributed by atoms with Gasteiger partial charge in [0.15, 0.2) is 11.5 Å². The minimum absolute atomic E-state index is 0.0302. The molecule has 1 aromatic carbocycles. The zero-order valence-corrected chi connectivity index (χ0v) is 9.50. The molecular weight excluding hydrogens is 220 g/mol. The number of benzene rings is 1. The molecule has 84 valence electrons. The highest BCUT2D eigenvalue weighted by molar-refractivity contribution is 7.86. The van der Waals surface area contributed by atoms with Crippen LogP contribution in [0.2, 0.25) is 0 Å². The molecule has 1 rings (SSSR count). The predicted octanol–water partition coefficient (Wildman–Crippen LogP) is 1.04. The van der Waals surface area contributed by atoms with Gasteiger partial charge >= 0.3 is 0 Å². The van der Waals surface area contributed by atoms with Gasteiger partial charge in [-0.1, -0.05) is 0 Å². The molecule has 15 heavy (non-hydrogen) atoms. The molecule has 0 aliphatic carbocycles. The van der Waals surface area contributed by atoms with E-state index in [-0.39, 0.29) is 4.90 Å². The Bertz CT molecular complexity index is 438. The van der Waals surface area contributed by atoms with Crippen LogP contribution < -0.4 is 9.47 Å². The molecule has 5 nitrogen and oxygen atoms in total. The lowest BCUT2D eigenvalue weighted by molar-refractivity contribution is 0.352. The maximum absolute atomic E-state index is 11.4. The highest BCUT2D eigenvalue weighted by Crippen LogP contribution is 2.29. The summed E-state index contributed by atoms with van der Waals surface area (Å²) < 4.78 is 37.0. The van der Waals surface area contributed by atoms with Gasteiger partial charge in [0.05, 0.1) is 26.2 Å². The molecule has 0 saturated carbocycles. The summed E-state index contributed by atoms with van der Waals surface area (Å²) in [6.07, 6.45) is 0. The van der Waals surface area contributed by atoms with Crippen LogP contribution >= 0.6 is 0 Å². The second-order valence-corrected chi connectivity index (χ2v) is 4.35. The van der Waals surface area contributed by atoms with Gasteiger partial charge in [-0.2, -0.15) is 8.42 Å². The number of rotatable bonds is 4. The summed E-state index contributed by atoms with van der Waals surface area (Å²) >= 11 is 0. The number of methoxy groups -OCH3 is 2. The predicted molar refractivity (Wildman–Crippen MR) is 53.7 cm³/mol. The van der Waals surface area contributed by atoms with E-state index >= 15 is 0 Å². The van der Waals surface area contributed by atoms with Crippen molar-refractivity contribution in [2.24, 2.45) is 0 Å². The summed E-state index contributed by atoms with van der Waals surface area (Å²) in [6.45, 7) is 0. The monoisotopic (exact) mass is 232 g/mol. The molecule has 0 radical (unpaired) electrons. The largest absolute Gasteiger partial charge is 0.493 e. The average molecular weight is 232 g/mol. The fourth-order valence-electron chi connectivity index (χ4n) is 1.07. The molecule has 0 amide bonds. The summed E-state index contributed by atoms with van der Waals surface area (Å²) in [4.78, 5) is 0.0302. The lowest BCUT2D eigenvalue weighted by Crippen LogP contribution is -2.03. The Hall–Kier alpha value is -1.27. The van der Waals surface area contributed by atoms with Crippen LogP contribution in [-0.2, 0) is 14.3 Å². The molecular formula is C9H12O5S. The minimum atomic E-state index is -3.69. The van der Waals surface area contributed by atoms with Crippen molar-refractivity contribution >= 4 is 10.1 Å². The zero-order valence-electron chi connectivity index (χ0n) is 8.68. The molecule has 0 spiro atoms. The van der Waals surface area contributed by atoms with Gasteiger partial charge in [0.25, 0.3) is 10.1 Å². The Labute approximate surface area is 88.7 Å². The van der Waals surface area contributed by atoms with Crippen LogP contribution in [0.25, 0.3) is 0 Å². The highest BCUT2D eigenvalue weighted by atomic mass is 32.2. The van der Waals surface area contributed by atoms with E-state index < -0.39 is 10.1 Å². The SMILES string of the molecule is COc1ccc(S(=O)(=O)OC)cc1OC. The Balaban J connectivity index is 3.26. The van der Waals surface area contributed by atoms with Crippen LogP contribution in [0.15, 0.2) is 23.1 Å². The summed E-state index contributed by atoms with van der Waals surface area (Å²) in [5, 5.41) is 0. The molecule has 0 aromatic heterocycles. The second kappa shape index (κ2) is 4.50. The van der Waals surface area contributed by atoms with Crippen molar-refractivity contribution in [2.75, 3.05) is 21.3 Å². The lowest BCUT2D eigenvalue weighted by Gasteiger charge is -2.08. The Morgan fingerprint density at radius 3 is 2.07 bits per heavy atom. The fraction of sp³-hybridized carbons (Fsp3) is 0.333. The van der Waals surface area contributed by atoms with Crippen LogP contribution in [0.1, 0.15) is 0 Å². The molecule has 0 fully saturated rings. The van der Waals surface area contributed by atoms with Gasteiger partial charge in [0.1, 0.15) is 0 Å². The van der Waals surface area contributed by atoms with Gasteiger partial charge in [-0.15, -0.1) is 0 Å². The van der Waals surface area contributed by atoms with Crippen LogP contribution in [0.5, 0.6) is 11.5 Å². The van der Waals surface area contributed by atoms with Crippen LogP contribution in [-0.4, -0.2) is 29.7 Å².